The molecule has 0 atom stereocenters. The molecule has 0 aliphatic heterocycles. The van der Waals surface area contributed by atoms with Crippen LogP contribution in [0.1, 0.15) is 38.3 Å². The van der Waals surface area contributed by atoms with Crippen molar-refractivity contribution in [1.82, 2.24) is 14.5 Å². The van der Waals surface area contributed by atoms with E-state index in [1.165, 1.54) is 16.8 Å². The Morgan fingerprint density at radius 3 is 2.41 bits per heavy atom. The lowest BCUT2D eigenvalue weighted by Crippen LogP contribution is -2.08. The maximum atomic E-state index is 12.5. The number of carbonyl (C=O) groups excluding carboxylic acids is 1. The zero-order valence-corrected chi connectivity index (χ0v) is 21.8. The van der Waals surface area contributed by atoms with Crippen LogP contribution in [-0.4, -0.2) is 26.9 Å². The topological polar surface area (TPSA) is 59.8 Å². The van der Waals surface area contributed by atoms with Gasteiger partial charge in [-0.25, -0.2) is 9.97 Å². The fraction of sp³-hybridized carbons (Fsp3) is 0.194. The highest BCUT2D eigenvalue weighted by atomic mass is 35.5. The van der Waals surface area contributed by atoms with Gasteiger partial charge < -0.3 is 9.88 Å². The number of benzene rings is 3. The van der Waals surface area contributed by atoms with Gasteiger partial charge in [-0.05, 0) is 54.7 Å². The van der Waals surface area contributed by atoms with Gasteiger partial charge in [-0.1, -0.05) is 78.3 Å². The third kappa shape index (κ3) is 5.57. The van der Waals surface area contributed by atoms with Crippen LogP contribution in [0, 0.1) is 13.8 Å². The molecular weight excluding hydrogens is 480 g/mol. The summed E-state index contributed by atoms with van der Waals surface area (Å²) in [7, 11) is 0. The molecule has 5 nitrogen and oxygen atoms in total. The van der Waals surface area contributed by atoms with Crippen molar-refractivity contribution in [2.24, 2.45) is 0 Å². The molecule has 186 valence electrons. The summed E-state index contributed by atoms with van der Waals surface area (Å²) in [6, 6.07) is 25.7. The Morgan fingerprint density at radius 1 is 0.892 bits per heavy atom. The van der Waals surface area contributed by atoms with Crippen LogP contribution in [0.3, 0.4) is 0 Å². The van der Waals surface area contributed by atoms with E-state index >= 15 is 0 Å². The van der Waals surface area contributed by atoms with Gasteiger partial charge in [0.15, 0.2) is 5.78 Å². The van der Waals surface area contributed by atoms with Gasteiger partial charge in [0.1, 0.15) is 17.8 Å². The van der Waals surface area contributed by atoms with Crippen LogP contribution >= 0.6 is 11.6 Å². The highest BCUT2D eigenvalue weighted by molar-refractivity contribution is 6.30. The predicted octanol–water partition coefficient (Wildman–Crippen LogP) is 6.83. The van der Waals surface area contributed by atoms with E-state index in [0.717, 1.165) is 51.5 Å². The van der Waals surface area contributed by atoms with Crippen LogP contribution in [0.5, 0.6) is 0 Å². The highest BCUT2D eigenvalue weighted by Gasteiger charge is 2.17. The number of nitrogens with one attached hydrogen (secondary N) is 1. The van der Waals surface area contributed by atoms with Gasteiger partial charge >= 0.3 is 0 Å². The molecule has 0 saturated carbocycles. The van der Waals surface area contributed by atoms with Crippen molar-refractivity contribution < 1.29 is 4.79 Å². The lowest BCUT2D eigenvalue weighted by molar-refractivity contribution is 0.0993. The van der Waals surface area contributed by atoms with Crippen molar-refractivity contribution in [2.75, 3.05) is 11.9 Å². The normalized spacial score (nSPS) is 11.1. The number of halogens is 1. The smallest absolute Gasteiger partial charge is 0.167 e. The van der Waals surface area contributed by atoms with Crippen molar-refractivity contribution >= 4 is 34.2 Å². The Labute approximate surface area is 222 Å². The first kappa shape index (κ1) is 24.7. The van der Waals surface area contributed by atoms with Crippen LogP contribution in [0.15, 0.2) is 85.2 Å². The van der Waals surface area contributed by atoms with E-state index in [9.17, 15) is 4.79 Å². The minimum Gasteiger partial charge on any atom is -0.369 e. The third-order valence-electron chi connectivity index (χ3n) is 6.82. The molecule has 0 spiro atoms. The average Bonchev–Trinajstić information content (AvgIpc) is 3.15. The summed E-state index contributed by atoms with van der Waals surface area (Å²) in [6.45, 7) is 5.68. The number of hydrogen-bond donors (Lipinski definition) is 1. The van der Waals surface area contributed by atoms with Crippen molar-refractivity contribution in [3.63, 3.8) is 0 Å². The number of nitrogens with zero attached hydrogens (tertiary/aromatic N) is 3. The fourth-order valence-corrected chi connectivity index (χ4v) is 4.89. The molecule has 5 aromatic rings. The second kappa shape index (κ2) is 11.0. The SMILES string of the molecule is Cc1c(C)n(Cc2cccc(Cl)c2)c2ncnc(NCCc3ccc(CC(=O)c4ccccc4)cc3)c12. The Kier molecular flexibility index (Phi) is 7.33. The molecule has 1 N–H and O–H groups in total. The minimum atomic E-state index is 0.135. The Hall–Kier alpha value is -3.96. The zero-order chi connectivity index (χ0) is 25.8. The van der Waals surface area contributed by atoms with Gasteiger partial charge in [-0.2, -0.15) is 0 Å². The van der Waals surface area contributed by atoms with E-state index in [4.69, 9.17) is 11.6 Å². The van der Waals surface area contributed by atoms with E-state index in [0.29, 0.717) is 13.0 Å². The monoisotopic (exact) mass is 508 g/mol. The summed E-state index contributed by atoms with van der Waals surface area (Å²) in [4.78, 5) is 21.6. The highest BCUT2D eigenvalue weighted by Crippen LogP contribution is 2.29. The molecule has 0 saturated heterocycles. The molecule has 0 aliphatic carbocycles. The molecule has 0 bridgehead atoms. The molecule has 0 amide bonds. The largest absolute Gasteiger partial charge is 0.369 e. The summed E-state index contributed by atoms with van der Waals surface area (Å²) in [5.41, 5.74) is 7.37. The number of fused-ring (bicyclic) bond motifs is 1. The first-order chi connectivity index (χ1) is 18.0. The predicted molar refractivity (Wildman–Crippen MR) is 151 cm³/mol. The number of Topliss-reactive ketones (excluding diaryl/α,β-unsaturated/α-hetero) is 1. The summed E-state index contributed by atoms with van der Waals surface area (Å²) >= 11 is 6.20. The molecule has 37 heavy (non-hydrogen) atoms. The Bertz CT molecular complexity index is 1540. The molecule has 2 aromatic heterocycles. The van der Waals surface area contributed by atoms with E-state index in [2.05, 4.69) is 51.9 Å². The number of aromatic nitrogens is 3. The molecule has 2 heterocycles. The van der Waals surface area contributed by atoms with Crippen molar-refractivity contribution in [2.45, 2.75) is 33.2 Å². The van der Waals surface area contributed by atoms with E-state index in [1.54, 1.807) is 6.33 Å². The third-order valence-corrected chi connectivity index (χ3v) is 7.06. The average molecular weight is 509 g/mol. The number of ketones is 1. The second-order valence-corrected chi connectivity index (χ2v) is 9.74. The molecule has 5 rings (SSSR count). The van der Waals surface area contributed by atoms with Gasteiger partial charge in [0.25, 0.3) is 0 Å². The Balaban J connectivity index is 1.25. The molecule has 0 unspecified atom stereocenters. The summed E-state index contributed by atoms with van der Waals surface area (Å²) < 4.78 is 2.22. The molecule has 0 fully saturated rings. The fourth-order valence-electron chi connectivity index (χ4n) is 4.67. The number of hydrogen-bond acceptors (Lipinski definition) is 4. The van der Waals surface area contributed by atoms with Gasteiger partial charge in [0.2, 0.25) is 0 Å². The minimum absolute atomic E-state index is 0.135. The van der Waals surface area contributed by atoms with Gasteiger partial charge in [0.05, 0.1) is 5.39 Å². The molecular formula is C31H29ClN4O. The molecule has 0 aliphatic rings. The lowest BCUT2D eigenvalue weighted by atomic mass is 10.0. The van der Waals surface area contributed by atoms with Crippen LogP contribution in [0.4, 0.5) is 5.82 Å². The lowest BCUT2D eigenvalue weighted by Gasteiger charge is -2.10. The number of aryl methyl sites for hydroxylation is 1. The zero-order valence-electron chi connectivity index (χ0n) is 21.0. The van der Waals surface area contributed by atoms with Crippen LogP contribution in [-0.2, 0) is 19.4 Å². The number of rotatable bonds is 9. The van der Waals surface area contributed by atoms with Crippen LogP contribution < -0.4 is 5.32 Å². The van der Waals surface area contributed by atoms with Gasteiger partial charge in [0, 0.05) is 35.8 Å². The van der Waals surface area contributed by atoms with Gasteiger partial charge in [-0.15, -0.1) is 0 Å². The van der Waals surface area contributed by atoms with E-state index in [-0.39, 0.29) is 5.78 Å². The molecule has 0 radical (unpaired) electrons. The second-order valence-electron chi connectivity index (χ2n) is 9.31. The van der Waals surface area contributed by atoms with E-state index in [1.807, 2.05) is 60.7 Å². The maximum Gasteiger partial charge on any atom is 0.167 e. The first-order valence-electron chi connectivity index (χ1n) is 12.4. The van der Waals surface area contributed by atoms with Crippen molar-refractivity contribution in [3.05, 3.63) is 124 Å². The summed E-state index contributed by atoms with van der Waals surface area (Å²) in [5.74, 6) is 0.983. The summed E-state index contributed by atoms with van der Waals surface area (Å²) in [6.07, 6.45) is 2.88. The van der Waals surface area contributed by atoms with Crippen molar-refractivity contribution in [3.8, 4) is 0 Å². The number of anilines is 1. The molecule has 3 aromatic carbocycles. The van der Waals surface area contributed by atoms with E-state index < -0.39 is 0 Å². The quantitative estimate of drug-likeness (QED) is 0.222. The van der Waals surface area contributed by atoms with Crippen LogP contribution in [0.25, 0.3) is 11.0 Å². The Morgan fingerprint density at radius 2 is 1.65 bits per heavy atom. The standard InChI is InChI=1S/C31H29ClN4O/c1-21-22(2)36(19-25-7-6-10-27(32)17-25)31-29(21)30(34-20-35-31)33-16-15-23-11-13-24(14-12-23)18-28(37)26-8-4-3-5-9-26/h3-14,17,20H,15-16,18-19H2,1-2H3,(H,33,34,35). The summed E-state index contributed by atoms with van der Waals surface area (Å²) in [5, 5.41) is 5.30. The molecule has 6 heteroatoms. The number of carbonyl (C=O) groups is 1. The van der Waals surface area contributed by atoms with Crippen LogP contribution in [0.2, 0.25) is 5.02 Å². The van der Waals surface area contributed by atoms with Crippen molar-refractivity contribution in [1.29, 1.82) is 0 Å². The maximum absolute atomic E-state index is 12.5. The first-order valence-corrected chi connectivity index (χ1v) is 12.8. The van der Waals surface area contributed by atoms with Gasteiger partial charge in [-0.3, -0.25) is 4.79 Å².